The van der Waals surface area contributed by atoms with Gasteiger partial charge < -0.3 is 25.5 Å². The van der Waals surface area contributed by atoms with E-state index in [2.05, 4.69) is 15.5 Å². The second kappa shape index (κ2) is 7.44. The van der Waals surface area contributed by atoms with Crippen molar-refractivity contribution in [3.63, 3.8) is 0 Å². The van der Waals surface area contributed by atoms with Gasteiger partial charge in [-0.15, -0.1) is 0 Å². The number of nitrogens with one attached hydrogen (secondary N) is 2. The second-order valence-electron chi connectivity index (χ2n) is 5.37. The number of carbonyl (C=O) groups excluding carboxylic acids is 1. The molecule has 2 amide bonds. The molecule has 20 heavy (non-hydrogen) atoms. The number of rotatable bonds is 5. The molecular formula is C13H24N4O3. The quantitative estimate of drug-likeness (QED) is 0.595. The van der Waals surface area contributed by atoms with Gasteiger partial charge in [-0.3, -0.25) is 0 Å². The number of urea groups is 1. The number of piperazine rings is 1. The molecule has 2 saturated heterocycles. The number of nitrogens with zero attached hydrogens (tertiary/aromatic N) is 2. The predicted octanol–water partition coefficient (Wildman–Crippen LogP) is -0.460. The van der Waals surface area contributed by atoms with Crippen molar-refractivity contribution in [2.45, 2.75) is 25.3 Å². The molecule has 2 aliphatic heterocycles. The summed E-state index contributed by atoms with van der Waals surface area (Å²) in [5.74, 6) is -0.904. The molecule has 1 atom stereocenters. The highest BCUT2D eigenvalue weighted by Gasteiger charge is 2.33. The molecule has 0 radical (unpaired) electrons. The Morgan fingerprint density at radius 3 is 2.70 bits per heavy atom. The number of carboxylic acids is 1. The third kappa shape index (κ3) is 4.08. The molecule has 0 unspecified atom stereocenters. The molecular weight excluding hydrogens is 260 g/mol. The van der Waals surface area contributed by atoms with Crippen LogP contribution in [0, 0.1) is 0 Å². The van der Waals surface area contributed by atoms with Crippen molar-refractivity contribution in [3.05, 3.63) is 0 Å². The van der Waals surface area contributed by atoms with Gasteiger partial charge in [0.25, 0.3) is 0 Å². The van der Waals surface area contributed by atoms with Crippen molar-refractivity contribution in [1.82, 2.24) is 20.4 Å². The smallest absolute Gasteiger partial charge is 0.326 e. The summed E-state index contributed by atoms with van der Waals surface area (Å²) in [6, 6.07) is -0.890. The van der Waals surface area contributed by atoms with Crippen LogP contribution in [0.3, 0.4) is 0 Å². The zero-order chi connectivity index (χ0) is 14.4. The Balaban J connectivity index is 1.63. The van der Waals surface area contributed by atoms with Gasteiger partial charge in [0.15, 0.2) is 0 Å². The summed E-state index contributed by atoms with van der Waals surface area (Å²) in [5.41, 5.74) is 0. The fraction of sp³-hybridized carbons (Fsp3) is 0.846. The molecule has 2 fully saturated rings. The third-order valence-corrected chi connectivity index (χ3v) is 3.94. The first-order chi connectivity index (χ1) is 9.68. The normalized spacial score (nSPS) is 23.8. The van der Waals surface area contributed by atoms with E-state index in [1.807, 2.05) is 0 Å². The lowest BCUT2D eigenvalue weighted by molar-refractivity contribution is -0.141. The molecule has 114 valence electrons. The number of carbonyl (C=O) groups is 2. The fourth-order valence-electron chi connectivity index (χ4n) is 2.80. The first-order valence-corrected chi connectivity index (χ1v) is 7.39. The monoisotopic (exact) mass is 284 g/mol. The first-order valence-electron chi connectivity index (χ1n) is 7.39. The topological polar surface area (TPSA) is 84.9 Å². The van der Waals surface area contributed by atoms with Crippen LogP contribution in [0.15, 0.2) is 0 Å². The average molecular weight is 284 g/mol. The number of hydrogen-bond acceptors (Lipinski definition) is 4. The molecule has 0 aliphatic carbocycles. The first kappa shape index (κ1) is 15.1. The van der Waals surface area contributed by atoms with Crippen molar-refractivity contribution in [2.75, 3.05) is 45.8 Å². The molecule has 0 aromatic carbocycles. The lowest BCUT2D eigenvalue weighted by Gasteiger charge is -2.27. The van der Waals surface area contributed by atoms with Crippen molar-refractivity contribution < 1.29 is 14.7 Å². The van der Waals surface area contributed by atoms with Gasteiger partial charge >= 0.3 is 12.0 Å². The van der Waals surface area contributed by atoms with Gasteiger partial charge in [-0.25, -0.2) is 9.59 Å². The molecule has 0 saturated carbocycles. The number of amides is 2. The SMILES string of the molecule is O=C(O)[C@@H]1CCCN1C(=O)NCCCN1CCNCC1. The zero-order valence-electron chi connectivity index (χ0n) is 11.8. The standard InChI is InChI=1S/C13H24N4O3/c18-12(19)11-3-1-8-17(11)13(20)15-4-2-7-16-9-5-14-6-10-16/h11,14H,1-10H2,(H,15,20)(H,18,19)/t11-/m0/s1. The van der Waals surface area contributed by atoms with E-state index in [9.17, 15) is 9.59 Å². The summed E-state index contributed by atoms with van der Waals surface area (Å²) in [5, 5.41) is 15.2. The Hall–Kier alpha value is -1.34. The van der Waals surface area contributed by atoms with Crippen LogP contribution < -0.4 is 10.6 Å². The third-order valence-electron chi connectivity index (χ3n) is 3.94. The van der Waals surface area contributed by atoms with Crippen LogP contribution in [0.2, 0.25) is 0 Å². The molecule has 0 aromatic rings. The lowest BCUT2D eigenvalue weighted by Crippen LogP contribution is -2.47. The van der Waals surface area contributed by atoms with Crippen LogP contribution in [0.4, 0.5) is 4.79 Å². The number of aliphatic carboxylic acids is 1. The van der Waals surface area contributed by atoms with E-state index in [4.69, 9.17) is 5.11 Å². The molecule has 0 bridgehead atoms. The van der Waals surface area contributed by atoms with Crippen LogP contribution in [0.25, 0.3) is 0 Å². The summed E-state index contributed by atoms with van der Waals surface area (Å²) >= 11 is 0. The van der Waals surface area contributed by atoms with E-state index < -0.39 is 12.0 Å². The summed E-state index contributed by atoms with van der Waals surface area (Å²) in [6.07, 6.45) is 2.23. The van der Waals surface area contributed by atoms with Gasteiger partial charge in [-0.05, 0) is 25.8 Å². The van der Waals surface area contributed by atoms with E-state index in [-0.39, 0.29) is 6.03 Å². The Labute approximate surface area is 119 Å². The van der Waals surface area contributed by atoms with Crippen molar-refractivity contribution in [1.29, 1.82) is 0 Å². The average Bonchev–Trinajstić information content (AvgIpc) is 2.94. The van der Waals surface area contributed by atoms with Crippen molar-refractivity contribution >= 4 is 12.0 Å². The summed E-state index contributed by atoms with van der Waals surface area (Å²) in [4.78, 5) is 26.8. The molecule has 0 aromatic heterocycles. The molecule has 0 spiro atoms. The van der Waals surface area contributed by atoms with Crippen molar-refractivity contribution in [2.24, 2.45) is 0 Å². The molecule has 7 heteroatoms. The van der Waals surface area contributed by atoms with Crippen LogP contribution in [-0.4, -0.2) is 78.8 Å². The highest BCUT2D eigenvalue weighted by Crippen LogP contribution is 2.17. The maximum absolute atomic E-state index is 11.9. The highest BCUT2D eigenvalue weighted by molar-refractivity contribution is 5.83. The van der Waals surface area contributed by atoms with E-state index >= 15 is 0 Å². The fourth-order valence-corrected chi connectivity index (χ4v) is 2.80. The Morgan fingerprint density at radius 1 is 1.25 bits per heavy atom. The second-order valence-corrected chi connectivity index (χ2v) is 5.37. The highest BCUT2D eigenvalue weighted by atomic mass is 16.4. The van der Waals surface area contributed by atoms with Crippen LogP contribution in [-0.2, 0) is 4.79 Å². The van der Waals surface area contributed by atoms with Gasteiger partial charge in [0.05, 0.1) is 0 Å². The van der Waals surface area contributed by atoms with Gasteiger partial charge in [-0.1, -0.05) is 0 Å². The largest absolute Gasteiger partial charge is 0.480 e. The number of carboxylic acid groups (broad SMARTS) is 1. The Bertz CT molecular complexity index is 345. The van der Waals surface area contributed by atoms with E-state index in [0.29, 0.717) is 19.5 Å². The van der Waals surface area contributed by atoms with E-state index in [1.54, 1.807) is 0 Å². The minimum Gasteiger partial charge on any atom is -0.480 e. The molecule has 2 rings (SSSR count). The summed E-state index contributed by atoms with van der Waals surface area (Å²) < 4.78 is 0. The Kier molecular flexibility index (Phi) is 5.60. The maximum atomic E-state index is 11.9. The minimum atomic E-state index is -0.904. The zero-order valence-corrected chi connectivity index (χ0v) is 11.8. The molecule has 3 N–H and O–H groups in total. The molecule has 2 aliphatic rings. The minimum absolute atomic E-state index is 0.241. The van der Waals surface area contributed by atoms with Gasteiger partial charge in [0.1, 0.15) is 6.04 Å². The van der Waals surface area contributed by atoms with Crippen LogP contribution >= 0.6 is 0 Å². The molecule has 7 nitrogen and oxygen atoms in total. The van der Waals surface area contributed by atoms with Gasteiger partial charge in [0.2, 0.25) is 0 Å². The van der Waals surface area contributed by atoms with Crippen LogP contribution in [0.1, 0.15) is 19.3 Å². The van der Waals surface area contributed by atoms with E-state index in [1.165, 1.54) is 4.90 Å². The molecule has 2 heterocycles. The Morgan fingerprint density at radius 2 is 2.00 bits per heavy atom. The van der Waals surface area contributed by atoms with Crippen molar-refractivity contribution in [3.8, 4) is 0 Å². The maximum Gasteiger partial charge on any atom is 0.326 e. The summed E-state index contributed by atoms with van der Waals surface area (Å²) in [6.45, 7) is 6.29. The van der Waals surface area contributed by atoms with Crippen LogP contribution in [0.5, 0.6) is 0 Å². The van der Waals surface area contributed by atoms with Gasteiger partial charge in [-0.2, -0.15) is 0 Å². The predicted molar refractivity (Wildman–Crippen MR) is 74.7 cm³/mol. The van der Waals surface area contributed by atoms with Gasteiger partial charge in [0, 0.05) is 39.3 Å². The van der Waals surface area contributed by atoms with E-state index in [0.717, 1.165) is 45.6 Å². The lowest BCUT2D eigenvalue weighted by atomic mass is 10.2. The summed E-state index contributed by atoms with van der Waals surface area (Å²) in [7, 11) is 0. The number of hydrogen-bond donors (Lipinski definition) is 3. The number of likely N-dealkylation sites (tertiary alicyclic amines) is 1.